The molecule has 0 radical (unpaired) electrons. The molecule has 3 rings (SSSR count). The van der Waals surface area contributed by atoms with Crippen molar-refractivity contribution in [2.75, 3.05) is 17.9 Å². The van der Waals surface area contributed by atoms with E-state index in [0.29, 0.717) is 37.9 Å². The molecule has 4 N–H and O–H groups in total. The third-order valence-electron chi connectivity index (χ3n) is 3.64. The molecule has 0 saturated carbocycles. The molecule has 3 aromatic rings. The Labute approximate surface area is 169 Å². The van der Waals surface area contributed by atoms with Crippen LogP contribution in [0.3, 0.4) is 0 Å². The number of ether oxygens (including phenoxy) is 2. The molecule has 27 heavy (non-hydrogen) atoms. The van der Waals surface area contributed by atoms with Crippen molar-refractivity contribution in [2.45, 2.75) is 13.0 Å². The zero-order valence-electron chi connectivity index (χ0n) is 14.4. The van der Waals surface area contributed by atoms with Gasteiger partial charge in [0.05, 0.1) is 16.8 Å². The Morgan fingerprint density at radius 1 is 1.26 bits per heavy atom. The lowest BCUT2D eigenvalue weighted by Gasteiger charge is -2.16. The summed E-state index contributed by atoms with van der Waals surface area (Å²) in [6.07, 6.45) is -0.784. The molecule has 0 unspecified atom stereocenters. The topological polar surface area (TPSA) is 98.5 Å². The number of anilines is 2. The quantitative estimate of drug-likeness (QED) is 0.401. The van der Waals surface area contributed by atoms with Crippen LogP contribution < -0.4 is 26.1 Å². The monoisotopic (exact) mass is 426 g/mol. The van der Waals surface area contributed by atoms with Crippen molar-refractivity contribution in [1.29, 1.82) is 0 Å². The molecule has 1 atom stereocenters. The summed E-state index contributed by atoms with van der Waals surface area (Å²) in [5, 5.41) is 4.16. The Bertz CT molecular complexity index is 996. The maximum Gasteiger partial charge on any atom is 0.265 e. The van der Waals surface area contributed by atoms with Crippen molar-refractivity contribution in [3.63, 3.8) is 0 Å². The minimum Gasteiger partial charge on any atom is -0.494 e. The molecule has 7 nitrogen and oxygen atoms in total. The van der Waals surface area contributed by atoms with E-state index in [0.717, 1.165) is 4.70 Å². The van der Waals surface area contributed by atoms with E-state index in [1.807, 2.05) is 0 Å². The smallest absolute Gasteiger partial charge is 0.265 e. The number of methoxy groups -OCH3 is 1. The summed E-state index contributed by atoms with van der Waals surface area (Å²) in [5.74, 6) is 5.96. The van der Waals surface area contributed by atoms with Crippen LogP contribution in [0.1, 0.15) is 6.92 Å². The van der Waals surface area contributed by atoms with Crippen molar-refractivity contribution in [3.8, 4) is 11.5 Å². The number of hydrazine groups is 1. The maximum atomic E-state index is 12.5. The lowest BCUT2D eigenvalue weighted by Crippen LogP contribution is -2.30. The standard InChI is InChI=1S/C17H16Cl2N4O3S/c1-8(26-12-4-3-9(18)5-11(12)19)16(24)21-10-6-13(25-2)15-14(7-10)27-17(22-15)23-20/h3-8H,20H2,1-2H3,(H,21,24)(H,22,23)/t8-/m0/s1. The molecule has 0 fully saturated rings. The summed E-state index contributed by atoms with van der Waals surface area (Å²) in [4.78, 5) is 16.8. The van der Waals surface area contributed by atoms with E-state index in [-0.39, 0.29) is 5.91 Å². The summed E-state index contributed by atoms with van der Waals surface area (Å²) in [6, 6.07) is 8.27. The number of thiazole rings is 1. The average Bonchev–Trinajstić information content (AvgIpc) is 3.06. The van der Waals surface area contributed by atoms with Crippen LogP contribution in [0, 0.1) is 0 Å². The molecular formula is C17H16Cl2N4O3S. The molecule has 1 amide bonds. The van der Waals surface area contributed by atoms with E-state index >= 15 is 0 Å². The second-order valence-electron chi connectivity index (χ2n) is 5.51. The molecule has 0 aliphatic heterocycles. The molecule has 0 spiro atoms. The highest BCUT2D eigenvalue weighted by Gasteiger charge is 2.18. The Hall–Kier alpha value is -2.26. The number of benzene rings is 2. The first-order chi connectivity index (χ1) is 12.9. The first-order valence-corrected chi connectivity index (χ1v) is 9.36. The fourth-order valence-corrected chi connectivity index (χ4v) is 3.63. The SMILES string of the molecule is COc1cc(NC(=O)[C@H](C)Oc2ccc(Cl)cc2Cl)cc2sc(NN)nc12. The fraction of sp³-hybridized carbons (Fsp3) is 0.176. The summed E-state index contributed by atoms with van der Waals surface area (Å²) >= 11 is 13.3. The zero-order valence-corrected chi connectivity index (χ0v) is 16.7. The number of carbonyl (C=O) groups is 1. The number of nitrogens with one attached hydrogen (secondary N) is 2. The van der Waals surface area contributed by atoms with Gasteiger partial charge in [0.2, 0.25) is 0 Å². The number of nitrogens with two attached hydrogens (primary N) is 1. The molecule has 0 saturated heterocycles. The predicted molar refractivity (Wildman–Crippen MR) is 109 cm³/mol. The van der Waals surface area contributed by atoms with Crippen molar-refractivity contribution >= 4 is 61.5 Å². The van der Waals surface area contributed by atoms with E-state index in [1.165, 1.54) is 18.4 Å². The lowest BCUT2D eigenvalue weighted by molar-refractivity contribution is -0.122. The van der Waals surface area contributed by atoms with Crippen LogP contribution in [-0.2, 0) is 4.79 Å². The number of carbonyl (C=O) groups excluding carboxylic acids is 1. The first kappa shape index (κ1) is 19.5. The van der Waals surface area contributed by atoms with Gasteiger partial charge in [-0.15, -0.1) is 0 Å². The Balaban J connectivity index is 1.78. The molecule has 1 heterocycles. The van der Waals surface area contributed by atoms with Gasteiger partial charge in [0.25, 0.3) is 5.91 Å². The van der Waals surface area contributed by atoms with E-state index in [1.54, 1.807) is 37.3 Å². The van der Waals surface area contributed by atoms with Crippen molar-refractivity contribution in [3.05, 3.63) is 40.4 Å². The highest BCUT2D eigenvalue weighted by molar-refractivity contribution is 7.22. The van der Waals surface area contributed by atoms with Crippen LogP contribution in [-0.4, -0.2) is 24.1 Å². The second-order valence-corrected chi connectivity index (χ2v) is 7.39. The minimum absolute atomic E-state index is 0.330. The summed E-state index contributed by atoms with van der Waals surface area (Å²) in [6.45, 7) is 1.62. The Morgan fingerprint density at radius 2 is 2.04 bits per heavy atom. The number of fused-ring (bicyclic) bond motifs is 1. The predicted octanol–water partition coefficient (Wildman–Crippen LogP) is 4.30. The Kier molecular flexibility index (Phi) is 5.91. The molecule has 2 aromatic carbocycles. The van der Waals surface area contributed by atoms with Crippen LogP contribution in [0.4, 0.5) is 10.8 Å². The molecule has 0 aliphatic rings. The van der Waals surface area contributed by atoms with Gasteiger partial charge in [0, 0.05) is 16.8 Å². The van der Waals surface area contributed by atoms with Gasteiger partial charge in [0.1, 0.15) is 17.0 Å². The molecular weight excluding hydrogens is 411 g/mol. The Morgan fingerprint density at radius 3 is 2.70 bits per heavy atom. The average molecular weight is 427 g/mol. The van der Waals surface area contributed by atoms with Crippen molar-refractivity contribution < 1.29 is 14.3 Å². The number of nitrogen functional groups attached to an aromatic ring is 1. The minimum atomic E-state index is -0.784. The van der Waals surface area contributed by atoms with Crippen LogP contribution >= 0.6 is 34.5 Å². The molecule has 0 aliphatic carbocycles. The normalized spacial score (nSPS) is 11.9. The number of hydrogen-bond acceptors (Lipinski definition) is 7. The third-order valence-corrected chi connectivity index (χ3v) is 5.10. The largest absolute Gasteiger partial charge is 0.494 e. The highest BCUT2D eigenvalue weighted by Crippen LogP contribution is 2.35. The number of hydrogen-bond donors (Lipinski definition) is 3. The number of amides is 1. The summed E-state index contributed by atoms with van der Waals surface area (Å²) < 4.78 is 11.8. The van der Waals surface area contributed by atoms with Gasteiger partial charge in [0.15, 0.2) is 11.2 Å². The molecule has 1 aromatic heterocycles. The zero-order chi connectivity index (χ0) is 19.6. The van der Waals surface area contributed by atoms with E-state index < -0.39 is 6.10 Å². The molecule has 0 bridgehead atoms. The second kappa shape index (κ2) is 8.18. The van der Waals surface area contributed by atoms with Gasteiger partial charge in [-0.05, 0) is 31.2 Å². The van der Waals surface area contributed by atoms with Gasteiger partial charge in [-0.2, -0.15) is 0 Å². The number of aromatic nitrogens is 1. The highest BCUT2D eigenvalue weighted by atomic mass is 35.5. The van der Waals surface area contributed by atoms with Gasteiger partial charge in [-0.25, -0.2) is 10.8 Å². The molecule has 10 heteroatoms. The lowest BCUT2D eigenvalue weighted by atomic mass is 10.2. The van der Waals surface area contributed by atoms with Crippen molar-refractivity contribution in [2.24, 2.45) is 5.84 Å². The third kappa shape index (κ3) is 4.36. The van der Waals surface area contributed by atoms with Gasteiger partial charge in [-0.3, -0.25) is 10.2 Å². The van der Waals surface area contributed by atoms with Crippen LogP contribution in [0.5, 0.6) is 11.5 Å². The van der Waals surface area contributed by atoms with E-state index in [2.05, 4.69) is 15.7 Å². The summed E-state index contributed by atoms with van der Waals surface area (Å²) in [5.41, 5.74) is 3.71. The number of rotatable bonds is 6. The van der Waals surface area contributed by atoms with Crippen LogP contribution in [0.15, 0.2) is 30.3 Å². The maximum absolute atomic E-state index is 12.5. The molecule has 142 valence electrons. The van der Waals surface area contributed by atoms with Crippen molar-refractivity contribution in [1.82, 2.24) is 4.98 Å². The fourth-order valence-electron chi connectivity index (χ4n) is 2.35. The van der Waals surface area contributed by atoms with Crippen LogP contribution in [0.2, 0.25) is 10.0 Å². The number of halogens is 2. The van der Waals surface area contributed by atoms with Gasteiger partial charge >= 0.3 is 0 Å². The first-order valence-electron chi connectivity index (χ1n) is 7.79. The summed E-state index contributed by atoms with van der Waals surface area (Å²) in [7, 11) is 1.53. The van der Waals surface area contributed by atoms with E-state index in [9.17, 15) is 4.79 Å². The van der Waals surface area contributed by atoms with Crippen LogP contribution in [0.25, 0.3) is 10.2 Å². The van der Waals surface area contributed by atoms with Gasteiger partial charge < -0.3 is 14.8 Å². The van der Waals surface area contributed by atoms with E-state index in [4.69, 9.17) is 38.5 Å². The number of nitrogens with zero attached hydrogens (tertiary/aromatic N) is 1. The van der Waals surface area contributed by atoms with Gasteiger partial charge in [-0.1, -0.05) is 34.5 Å².